The second kappa shape index (κ2) is 11.5. The van der Waals surface area contributed by atoms with Gasteiger partial charge in [0.1, 0.15) is 17.3 Å². The number of nitrogens with one attached hydrogen (secondary N) is 2. The number of likely N-dealkylation sites (N-methyl/N-ethyl adjacent to an activating group) is 1. The molecule has 3 heterocycles. The summed E-state index contributed by atoms with van der Waals surface area (Å²) in [7, 11) is 2.11. The highest BCUT2D eigenvalue weighted by Crippen LogP contribution is 2.43. The lowest BCUT2D eigenvalue weighted by Gasteiger charge is -2.36. The summed E-state index contributed by atoms with van der Waals surface area (Å²) in [6.07, 6.45) is 1.98. The number of aromatic amines is 1. The fraction of sp³-hybridized carbons (Fsp3) is 0.355. The number of hydrogen-bond acceptors (Lipinski definition) is 6. The van der Waals surface area contributed by atoms with Crippen LogP contribution in [0.2, 0.25) is 0 Å². The average molecular weight is 561 g/mol. The van der Waals surface area contributed by atoms with Crippen LogP contribution in [0.4, 0.5) is 20.2 Å². The topological polar surface area (TPSA) is 99.5 Å². The van der Waals surface area contributed by atoms with Crippen LogP contribution in [0.25, 0.3) is 22.2 Å². The van der Waals surface area contributed by atoms with Crippen LogP contribution in [0.15, 0.2) is 48.5 Å². The standard InChI is InChI=1S/C31H34F2N6O2/c1-38-8-10-39(11-9-38)27-5-3-24(31(34)40)29(35-23-6-12-41-13-7-23)28(27)30-25-17-19(2-4-26(25)36-37-30)14-20-15-21(32)18-22(33)16-20/h2-5,15-18,23,35H,6-14H2,1H3,(H2,34,40)(H,36,37). The summed E-state index contributed by atoms with van der Waals surface area (Å²) in [5, 5.41) is 12.4. The van der Waals surface area contributed by atoms with Gasteiger partial charge in [0.2, 0.25) is 0 Å². The minimum Gasteiger partial charge on any atom is -0.381 e. The second-order valence-corrected chi connectivity index (χ2v) is 11.0. The van der Waals surface area contributed by atoms with Gasteiger partial charge in [-0.25, -0.2) is 8.78 Å². The van der Waals surface area contributed by atoms with Gasteiger partial charge in [-0.05, 0) is 73.8 Å². The first kappa shape index (κ1) is 27.2. The largest absolute Gasteiger partial charge is 0.381 e. The van der Waals surface area contributed by atoms with Crippen molar-refractivity contribution in [1.29, 1.82) is 0 Å². The molecule has 0 atom stereocenters. The highest BCUT2D eigenvalue weighted by molar-refractivity contribution is 6.08. The van der Waals surface area contributed by atoms with Crippen LogP contribution in [-0.4, -0.2) is 73.5 Å². The summed E-state index contributed by atoms with van der Waals surface area (Å²) >= 11 is 0. The summed E-state index contributed by atoms with van der Waals surface area (Å²) < 4.78 is 33.4. The number of amides is 1. The number of piperazine rings is 1. The number of carbonyl (C=O) groups excluding carboxylic acids is 1. The molecule has 214 valence electrons. The van der Waals surface area contributed by atoms with Crippen molar-refractivity contribution < 1.29 is 18.3 Å². The highest BCUT2D eigenvalue weighted by atomic mass is 19.1. The molecule has 4 aromatic rings. The van der Waals surface area contributed by atoms with E-state index in [-0.39, 0.29) is 6.04 Å². The molecule has 0 radical (unpaired) electrons. The molecular weight excluding hydrogens is 526 g/mol. The number of benzene rings is 3. The predicted molar refractivity (Wildman–Crippen MR) is 156 cm³/mol. The molecule has 0 unspecified atom stereocenters. The van der Waals surface area contributed by atoms with Crippen LogP contribution in [0, 0.1) is 11.6 Å². The van der Waals surface area contributed by atoms with Crippen LogP contribution in [0.1, 0.15) is 34.3 Å². The lowest BCUT2D eigenvalue weighted by molar-refractivity contribution is 0.0904. The lowest BCUT2D eigenvalue weighted by atomic mass is 9.95. The van der Waals surface area contributed by atoms with Gasteiger partial charge in [-0.2, -0.15) is 5.10 Å². The molecule has 8 nitrogen and oxygen atoms in total. The Bertz CT molecular complexity index is 1550. The van der Waals surface area contributed by atoms with Gasteiger partial charge in [0.05, 0.1) is 22.3 Å². The van der Waals surface area contributed by atoms with Crippen LogP contribution in [0.5, 0.6) is 0 Å². The monoisotopic (exact) mass is 560 g/mol. The van der Waals surface area contributed by atoms with Gasteiger partial charge in [0.25, 0.3) is 5.91 Å². The Morgan fingerprint density at radius 2 is 1.76 bits per heavy atom. The summed E-state index contributed by atoms with van der Waals surface area (Å²) in [4.78, 5) is 17.4. The van der Waals surface area contributed by atoms with Gasteiger partial charge in [0, 0.05) is 62.6 Å². The number of anilines is 2. The molecule has 6 rings (SSSR count). The van der Waals surface area contributed by atoms with E-state index in [0.29, 0.717) is 42.1 Å². The van der Waals surface area contributed by atoms with Gasteiger partial charge in [0.15, 0.2) is 0 Å². The summed E-state index contributed by atoms with van der Waals surface area (Å²) in [5.74, 6) is -1.72. The highest BCUT2D eigenvalue weighted by Gasteiger charge is 2.28. The number of H-pyrrole nitrogens is 1. The average Bonchev–Trinajstić information content (AvgIpc) is 3.36. The zero-order valence-electron chi connectivity index (χ0n) is 23.1. The molecule has 3 aromatic carbocycles. The van der Waals surface area contributed by atoms with Crippen molar-refractivity contribution in [2.24, 2.45) is 5.73 Å². The van der Waals surface area contributed by atoms with E-state index in [0.717, 1.165) is 72.8 Å². The molecule has 0 bridgehead atoms. The molecule has 0 spiro atoms. The summed E-state index contributed by atoms with van der Waals surface area (Å²) in [6.45, 7) is 4.77. The third-order valence-electron chi connectivity index (χ3n) is 8.06. The number of nitrogens with zero attached hydrogens (tertiary/aromatic N) is 3. The van der Waals surface area contributed by atoms with E-state index in [4.69, 9.17) is 15.6 Å². The molecule has 1 aromatic heterocycles. The number of halogens is 2. The van der Waals surface area contributed by atoms with Crippen molar-refractivity contribution in [3.63, 3.8) is 0 Å². The van der Waals surface area contributed by atoms with Crippen molar-refractivity contribution in [2.45, 2.75) is 25.3 Å². The maximum Gasteiger partial charge on any atom is 0.250 e. The number of hydrogen-bond donors (Lipinski definition) is 3. The van der Waals surface area contributed by atoms with E-state index >= 15 is 0 Å². The maximum atomic E-state index is 13.9. The summed E-state index contributed by atoms with van der Waals surface area (Å²) in [6, 6.07) is 13.3. The number of carbonyl (C=O) groups is 1. The van der Waals surface area contributed by atoms with E-state index in [1.54, 1.807) is 6.07 Å². The minimum absolute atomic E-state index is 0.118. The number of rotatable bonds is 7. The maximum absolute atomic E-state index is 13.9. The third kappa shape index (κ3) is 5.75. The van der Waals surface area contributed by atoms with Crippen LogP contribution in [0.3, 0.4) is 0 Å². The van der Waals surface area contributed by atoms with Gasteiger partial charge in [-0.3, -0.25) is 9.89 Å². The number of fused-ring (bicyclic) bond motifs is 1. The number of nitrogens with two attached hydrogens (primary N) is 1. The molecule has 2 fully saturated rings. The smallest absolute Gasteiger partial charge is 0.250 e. The van der Waals surface area contributed by atoms with E-state index < -0.39 is 17.5 Å². The third-order valence-corrected chi connectivity index (χ3v) is 8.06. The Hall–Kier alpha value is -4.02. The molecular formula is C31H34F2N6O2. The molecule has 10 heteroatoms. The van der Waals surface area contributed by atoms with Crippen molar-refractivity contribution in [3.8, 4) is 11.3 Å². The minimum atomic E-state index is -0.603. The Balaban J connectivity index is 1.50. The fourth-order valence-corrected chi connectivity index (χ4v) is 5.85. The second-order valence-electron chi connectivity index (χ2n) is 11.0. The van der Waals surface area contributed by atoms with Crippen molar-refractivity contribution in [3.05, 3.63) is 76.9 Å². The first-order valence-electron chi connectivity index (χ1n) is 14.0. The quantitative estimate of drug-likeness (QED) is 0.307. The Morgan fingerprint density at radius 1 is 1.02 bits per heavy atom. The zero-order chi connectivity index (χ0) is 28.5. The normalized spacial score (nSPS) is 16.8. The van der Waals surface area contributed by atoms with Gasteiger partial charge < -0.3 is 25.6 Å². The molecule has 41 heavy (non-hydrogen) atoms. The number of aromatic nitrogens is 2. The van der Waals surface area contributed by atoms with Gasteiger partial charge in [-0.15, -0.1) is 0 Å². The first-order valence-corrected chi connectivity index (χ1v) is 14.0. The predicted octanol–water partition coefficient (Wildman–Crippen LogP) is 4.54. The fourth-order valence-electron chi connectivity index (χ4n) is 5.85. The van der Waals surface area contributed by atoms with Gasteiger partial charge in [-0.1, -0.05) is 6.07 Å². The number of primary amides is 1. The number of ether oxygens (including phenoxy) is 1. The molecule has 2 saturated heterocycles. The van der Waals surface area contributed by atoms with Crippen molar-refractivity contribution in [1.82, 2.24) is 15.1 Å². The molecule has 2 aliphatic rings. The zero-order valence-corrected chi connectivity index (χ0v) is 23.1. The van der Waals surface area contributed by atoms with Crippen molar-refractivity contribution in [2.75, 3.05) is 56.7 Å². The van der Waals surface area contributed by atoms with Gasteiger partial charge >= 0.3 is 0 Å². The lowest BCUT2D eigenvalue weighted by Crippen LogP contribution is -2.44. The van der Waals surface area contributed by atoms with Crippen LogP contribution in [-0.2, 0) is 11.2 Å². The Labute approximate surface area is 237 Å². The summed E-state index contributed by atoms with van der Waals surface area (Å²) in [5.41, 5.74) is 11.7. The first-order chi connectivity index (χ1) is 19.9. The Morgan fingerprint density at radius 3 is 2.46 bits per heavy atom. The Kier molecular flexibility index (Phi) is 7.59. The van der Waals surface area contributed by atoms with Crippen LogP contribution < -0.4 is 16.0 Å². The van der Waals surface area contributed by atoms with Crippen molar-refractivity contribution >= 4 is 28.2 Å². The molecule has 4 N–H and O–H groups in total. The SMILES string of the molecule is CN1CCN(c2ccc(C(N)=O)c(NC3CCOCC3)c2-c2n[nH]c3ccc(Cc4cc(F)cc(F)c4)cc23)CC1. The molecule has 1 amide bonds. The molecule has 0 aliphatic carbocycles. The van der Waals surface area contributed by atoms with E-state index in [1.165, 1.54) is 12.1 Å². The van der Waals surface area contributed by atoms with E-state index in [9.17, 15) is 13.6 Å². The molecule has 0 saturated carbocycles. The molecule has 2 aliphatic heterocycles. The van der Waals surface area contributed by atoms with E-state index in [2.05, 4.69) is 27.3 Å². The van der Waals surface area contributed by atoms with Crippen LogP contribution >= 0.6 is 0 Å². The van der Waals surface area contributed by atoms with E-state index in [1.807, 2.05) is 24.3 Å².